The van der Waals surface area contributed by atoms with Gasteiger partial charge in [-0.2, -0.15) is 0 Å². The Labute approximate surface area is 115 Å². The van der Waals surface area contributed by atoms with E-state index in [0.717, 1.165) is 0 Å². The molecule has 1 aliphatic heterocycles. The largest absolute Gasteiger partial charge is 0.389 e. The Kier molecular flexibility index (Phi) is 4.42. The van der Waals surface area contributed by atoms with Crippen LogP contribution in [0.15, 0.2) is 18.2 Å². The van der Waals surface area contributed by atoms with Gasteiger partial charge in [-0.1, -0.05) is 17.7 Å². The van der Waals surface area contributed by atoms with Crippen LogP contribution in [0.4, 0.5) is 4.39 Å². The highest BCUT2D eigenvalue weighted by molar-refractivity contribution is 7.90. The fourth-order valence-electron chi connectivity index (χ4n) is 1.76. The second-order valence-corrected chi connectivity index (χ2v) is 6.65. The third-order valence-corrected chi connectivity index (χ3v) is 4.94. The van der Waals surface area contributed by atoms with Crippen molar-refractivity contribution >= 4 is 21.6 Å². The minimum Gasteiger partial charge on any atom is -0.389 e. The summed E-state index contributed by atoms with van der Waals surface area (Å²) in [5, 5.41) is 8.44. The summed E-state index contributed by atoms with van der Waals surface area (Å²) >= 11 is 5.60. The molecule has 1 saturated heterocycles. The van der Waals surface area contributed by atoms with Crippen LogP contribution in [0.5, 0.6) is 0 Å². The second-order valence-electron chi connectivity index (χ2n) is 4.26. The smallest absolute Gasteiger partial charge is 0.219 e. The van der Waals surface area contributed by atoms with Crippen LogP contribution in [-0.2, 0) is 21.3 Å². The van der Waals surface area contributed by atoms with Crippen LogP contribution in [0.1, 0.15) is 5.56 Å². The predicted octanol–water partition coefficient (Wildman–Crippen LogP) is 0.658. The Morgan fingerprint density at radius 3 is 2.79 bits per heavy atom. The lowest BCUT2D eigenvalue weighted by atomic mass is 10.2. The first-order valence-corrected chi connectivity index (χ1v) is 7.51. The van der Waals surface area contributed by atoms with E-state index in [1.807, 2.05) is 0 Å². The van der Waals surface area contributed by atoms with Gasteiger partial charge in [0.25, 0.3) is 0 Å². The minimum absolute atomic E-state index is 0.00789. The number of rotatable bonds is 4. The van der Waals surface area contributed by atoms with Crippen LogP contribution in [0.3, 0.4) is 0 Å². The van der Waals surface area contributed by atoms with Crippen LogP contribution in [0, 0.1) is 5.82 Å². The number of benzene rings is 1. The number of nitrogens with one attached hydrogen (secondary N) is 1. The van der Waals surface area contributed by atoms with Gasteiger partial charge in [-0.15, -0.1) is 0 Å². The zero-order chi connectivity index (χ0) is 14.0. The fraction of sp³-hybridized carbons (Fsp3) is 0.455. The predicted molar refractivity (Wildman–Crippen MR) is 67.8 cm³/mol. The Bertz CT molecular complexity index is 566. The molecule has 0 aliphatic carbocycles. The molecule has 0 unspecified atom stereocenters. The number of ether oxygens (including phenoxy) is 1. The van der Waals surface area contributed by atoms with Crippen LogP contribution in [0.25, 0.3) is 0 Å². The summed E-state index contributed by atoms with van der Waals surface area (Å²) in [5.41, 5.74) is 0.531. The topological polar surface area (TPSA) is 75.6 Å². The van der Waals surface area contributed by atoms with Gasteiger partial charge in [0, 0.05) is 6.54 Å². The highest BCUT2D eigenvalue weighted by Crippen LogP contribution is 2.17. The fourth-order valence-corrected chi connectivity index (χ4v) is 3.31. The number of hydrogen-bond donors (Lipinski definition) is 2. The molecule has 1 aromatic carbocycles. The number of aliphatic hydroxyl groups is 1. The maximum absolute atomic E-state index is 12.9. The van der Waals surface area contributed by atoms with E-state index in [1.165, 1.54) is 18.2 Å². The molecule has 0 bridgehead atoms. The van der Waals surface area contributed by atoms with Crippen molar-refractivity contribution < 1.29 is 22.7 Å². The third kappa shape index (κ3) is 3.43. The molecule has 0 amide bonds. The molecule has 1 fully saturated rings. The van der Waals surface area contributed by atoms with Crippen molar-refractivity contribution in [3.05, 3.63) is 34.6 Å². The summed E-state index contributed by atoms with van der Waals surface area (Å²) in [5.74, 6) is -0.562. The zero-order valence-corrected chi connectivity index (χ0v) is 11.4. The number of aliphatic hydroxyl groups excluding tert-OH is 1. The van der Waals surface area contributed by atoms with E-state index in [-0.39, 0.29) is 24.8 Å². The van der Waals surface area contributed by atoms with Crippen LogP contribution in [-0.4, -0.2) is 38.1 Å². The van der Waals surface area contributed by atoms with E-state index in [1.54, 1.807) is 0 Å². The van der Waals surface area contributed by atoms with E-state index < -0.39 is 27.2 Å². The van der Waals surface area contributed by atoms with Crippen LogP contribution in [0.2, 0.25) is 5.02 Å². The Morgan fingerprint density at radius 1 is 1.47 bits per heavy atom. The molecule has 5 nitrogen and oxygen atoms in total. The molecule has 2 rings (SSSR count). The molecule has 19 heavy (non-hydrogen) atoms. The van der Waals surface area contributed by atoms with Crippen molar-refractivity contribution in [1.29, 1.82) is 0 Å². The molecule has 0 spiro atoms. The van der Waals surface area contributed by atoms with E-state index in [0.29, 0.717) is 5.56 Å². The quantitative estimate of drug-likeness (QED) is 0.856. The first-order chi connectivity index (χ1) is 8.90. The van der Waals surface area contributed by atoms with Gasteiger partial charge in [-0.05, 0) is 17.7 Å². The second kappa shape index (κ2) is 5.72. The maximum Gasteiger partial charge on any atom is 0.219 e. The standard InChI is InChI=1S/C11H13ClFNO4S/c12-8-3-7(1-2-9(8)13)4-14-19(16,17)11-6-18-5-10(11)15/h1-3,10-11,14-15H,4-6H2/t10-,11-/m1/s1. The van der Waals surface area contributed by atoms with Gasteiger partial charge in [-0.25, -0.2) is 17.5 Å². The van der Waals surface area contributed by atoms with Gasteiger partial charge in [0.1, 0.15) is 11.1 Å². The number of hydrogen-bond acceptors (Lipinski definition) is 4. The summed E-state index contributed by atoms with van der Waals surface area (Å²) in [6, 6.07) is 3.95. The van der Waals surface area contributed by atoms with Gasteiger partial charge < -0.3 is 9.84 Å². The normalized spacial score (nSPS) is 23.7. The maximum atomic E-state index is 12.9. The Balaban J connectivity index is 2.03. The van der Waals surface area contributed by atoms with Gasteiger partial charge in [-0.3, -0.25) is 0 Å². The summed E-state index contributed by atoms with van der Waals surface area (Å²) in [6.45, 7) is -0.0554. The van der Waals surface area contributed by atoms with Gasteiger partial charge >= 0.3 is 0 Å². The SMILES string of the molecule is O=S(=O)(NCc1ccc(F)c(Cl)c1)[C@@H]1COC[C@H]1O. The molecule has 1 aliphatic rings. The molecule has 106 valence electrons. The van der Waals surface area contributed by atoms with Crippen molar-refractivity contribution in [2.75, 3.05) is 13.2 Å². The highest BCUT2D eigenvalue weighted by atomic mass is 35.5. The third-order valence-electron chi connectivity index (χ3n) is 2.86. The molecule has 8 heteroatoms. The summed E-state index contributed by atoms with van der Waals surface area (Å²) in [4.78, 5) is 0. The lowest BCUT2D eigenvalue weighted by Crippen LogP contribution is -2.40. The molecule has 0 saturated carbocycles. The van der Waals surface area contributed by atoms with Crippen LogP contribution >= 0.6 is 11.6 Å². The monoisotopic (exact) mass is 309 g/mol. The Hall–Kier alpha value is -0.730. The van der Waals surface area contributed by atoms with Gasteiger partial charge in [0.2, 0.25) is 10.0 Å². The average molecular weight is 310 g/mol. The average Bonchev–Trinajstić information content (AvgIpc) is 2.78. The highest BCUT2D eigenvalue weighted by Gasteiger charge is 2.37. The molecule has 1 heterocycles. The van der Waals surface area contributed by atoms with Crippen molar-refractivity contribution in [3.63, 3.8) is 0 Å². The van der Waals surface area contributed by atoms with Gasteiger partial charge in [0.15, 0.2) is 0 Å². The lowest BCUT2D eigenvalue weighted by Gasteiger charge is -2.14. The summed E-state index contributed by atoms with van der Waals surface area (Å²) in [6.07, 6.45) is -1.03. The lowest BCUT2D eigenvalue weighted by molar-refractivity contribution is 0.127. The first kappa shape index (κ1) is 14.7. The number of halogens is 2. The van der Waals surface area contributed by atoms with Crippen molar-refractivity contribution in [1.82, 2.24) is 4.72 Å². The molecule has 0 aromatic heterocycles. The molecule has 0 radical (unpaired) electrons. The zero-order valence-electron chi connectivity index (χ0n) is 9.84. The van der Waals surface area contributed by atoms with Gasteiger partial charge in [0.05, 0.1) is 24.3 Å². The summed E-state index contributed by atoms with van der Waals surface area (Å²) in [7, 11) is -3.69. The Morgan fingerprint density at radius 2 is 2.21 bits per heavy atom. The molecular weight excluding hydrogens is 297 g/mol. The van der Waals surface area contributed by atoms with E-state index in [4.69, 9.17) is 16.3 Å². The molecular formula is C11H13ClFNO4S. The van der Waals surface area contributed by atoms with Crippen LogP contribution < -0.4 is 4.72 Å². The molecule has 1 aromatic rings. The molecule has 2 atom stereocenters. The van der Waals surface area contributed by atoms with E-state index in [9.17, 15) is 17.9 Å². The summed E-state index contributed by atoms with van der Waals surface area (Å²) < 4.78 is 44.0. The number of sulfonamides is 1. The minimum atomic E-state index is -3.69. The van der Waals surface area contributed by atoms with E-state index >= 15 is 0 Å². The van der Waals surface area contributed by atoms with Crippen molar-refractivity contribution in [2.24, 2.45) is 0 Å². The van der Waals surface area contributed by atoms with E-state index in [2.05, 4.69) is 4.72 Å². The van der Waals surface area contributed by atoms with Crippen molar-refractivity contribution in [2.45, 2.75) is 17.9 Å². The molecule has 2 N–H and O–H groups in total. The first-order valence-electron chi connectivity index (χ1n) is 5.58. The van der Waals surface area contributed by atoms with Crippen molar-refractivity contribution in [3.8, 4) is 0 Å².